The van der Waals surface area contributed by atoms with Gasteiger partial charge < -0.3 is 4.57 Å². The number of hydrogen-bond acceptors (Lipinski definition) is 1. The van der Waals surface area contributed by atoms with Crippen LogP contribution in [0.4, 0.5) is 0 Å². The van der Waals surface area contributed by atoms with Crippen molar-refractivity contribution in [2.75, 3.05) is 0 Å². The van der Waals surface area contributed by atoms with Gasteiger partial charge in [0.2, 0.25) is 0 Å². The van der Waals surface area contributed by atoms with E-state index in [1.807, 2.05) is 24.3 Å². The van der Waals surface area contributed by atoms with Gasteiger partial charge in [-0.1, -0.05) is 123 Å². The van der Waals surface area contributed by atoms with Gasteiger partial charge in [-0.25, -0.2) is 0 Å². The van der Waals surface area contributed by atoms with E-state index in [0.29, 0.717) is 5.56 Å². The molecule has 0 spiro atoms. The molecule has 8 aromatic rings. The topological polar surface area (TPSA) is 22.0 Å². The van der Waals surface area contributed by atoms with Crippen LogP contribution in [0.25, 0.3) is 72.0 Å². The van der Waals surface area contributed by atoms with Crippen molar-refractivity contribution in [3.63, 3.8) is 0 Å². The summed E-state index contributed by atoms with van der Waals surface area (Å²) >= 11 is 0. The Morgan fingerprint density at radius 3 is 1.81 bits per heavy atom. The van der Waals surface area contributed by atoms with Crippen molar-refractivity contribution in [3.05, 3.63) is 174 Å². The third kappa shape index (κ3) is 4.30. The summed E-state index contributed by atoms with van der Waals surface area (Å²) in [5.41, 5.74) is 16.2. The third-order valence-electron chi connectivity index (χ3n) is 10.3. The highest BCUT2D eigenvalue weighted by Gasteiger charge is 2.36. The summed E-state index contributed by atoms with van der Waals surface area (Å²) in [5, 5.41) is 2.51. The van der Waals surface area contributed by atoms with Crippen molar-refractivity contribution in [1.82, 2.24) is 4.57 Å². The van der Waals surface area contributed by atoms with Gasteiger partial charge in [0.1, 0.15) is 0 Å². The molecule has 1 aliphatic carbocycles. The maximum Gasteiger partial charge on any atom is 0.150 e. The molecule has 0 amide bonds. The molecular weight excluding hydrogens is 583 g/mol. The number of fused-ring (bicyclic) bond motifs is 6. The van der Waals surface area contributed by atoms with E-state index in [1.54, 1.807) is 0 Å². The molecule has 228 valence electrons. The first kappa shape index (κ1) is 28.3. The van der Waals surface area contributed by atoms with E-state index in [1.165, 1.54) is 55.2 Å². The molecule has 0 unspecified atom stereocenters. The molecule has 0 bridgehead atoms. The molecule has 7 aromatic carbocycles. The van der Waals surface area contributed by atoms with Gasteiger partial charge in [0, 0.05) is 27.4 Å². The Morgan fingerprint density at radius 2 is 1.06 bits per heavy atom. The van der Waals surface area contributed by atoms with Crippen LogP contribution >= 0.6 is 0 Å². The summed E-state index contributed by atoms with van der Waals surface area (Å²) in [7, 11) is 0. The van der Waals surface area contributed by atoms with Crippen molar-refractivity contribution >= 4 is 28.1 Å². The van der Waals surface area contributed by atoms with Crippen LogP contribution in [0, 0.1) is 0 Å². The SMILES string of the molecule is CC1(C)c2ccccc2-c2cc3c4cc(-c5cccc(-c6cccc(-c7ccccc7C=O)c6)c5)ccc4n(-c4ccccc4)c3cc21. The maximum absolute atomic E-state index is 11.8. The zero-order chi connectivity index (χ0) is 32.4. The minimum Gasteiger partial charge on any atom is -0.309 e. The molecule has 0 atom stereocenters. The van der Waals surface area contributed by atoms with E-state index in [0.717, 1.165) is 34.2 Å². The maximum atomic E-state index is 11.8. The lowest BCUT2D eigenvalue weighted by atomic mass is 9.82. The Balaban J connectivity index is 1.22. The lowest BCUT2D eigenvalue weighted by molar-refractivity contribution is 0.112. The molecule has 0 radical (unpaired) electrons. The van der Waals surface area contributed by atoms with E-state index < -0.39 is 0 Å². The minimum atomic E-state index is -0.0731. The average molecular weight is 616 g/mol. The Labute approximate surface area is 280 Å². The highest BCUT2D eigenvalue weighted by Crippen LogP contribution is 2.51. The van der Waals surface area contributed by atoms with Crippen molar-refractivity contribution < 1.29 is 4.79 Å². The second-order valence-corrected chi connectivity index (χ2v) is 13.4. The summed E-state index contributed by atoms with van der Waals surface area (Å²) < 4.78 is 2.42. The molecule has 0 aliphatic heterocycles. The molecule has 48 heavy (non-hydrogen) atoms. The normalized spacial score (nSPS) is 13.0. The molecule has 9 rings (SSSR count). The molecule has 0 N–H and O–H groups in total. The highest BCUT2D eigenvalue weighted by atomic mass is 16.1. The van der Waals surface area contributed by atoms with Gasteiger partial charge >= 0.3 is 0 Å². The van der Waals surface area contributed by atoms with Gasteiger partial charge in [0.05, 0.1) is 11.0 Å². The van der Waals surface area contributed by atoms with E-state index in [9.17, 15) is 4.79 Å². The largest absolute Gasteiger partial charge is 0.309 e. The first-order chi connectivity index (χ1) is 23.5. The molecule has 1 heterocycles. The second-order valence-electron chi connectivity index (χ2n) is 13.4. The number of hydrogen-bond donors (Lipinski definition) is 0. The van der Waals surface area contributed by atoms with Crippen LogP contribution < -0.4 is 0 Å². The van der Waals surface area contributed by atoms with Crippen LogP contribution in [0.2, 0.25) is 0 Å². The molecule has 2 nitrogen and oxygen atoms in total. The average Bonchev–Trinajstić information content (AvgIpc) is 3.58. The van der Waals surface area contributed by atoms with Crippen LogP contribution in [-0.4, -0.2) is 10.9 Å². The Kier molecular flexibility index (Phi) is 6.35. The molecule has 0 saturated carbocycles. The number of carbonyl (C=O) groups excluding carboxylic acids is 1. The van der Waals surface area contributed by atoms with E-state index in [2.05, 4.69) is 152 Å². The van der Waals surface area contributed by atoms with Gasteiger partial charge in [0.25, 0.3) is 0 Å². The van der Waals surface area contributed by atoms with Crippen molar-refractivity contribution in [2.45, 2.75) is 19.3 Å². The number of aldehydes is 1. The van der Waals surface area contributed by atoms with Gasteiger partial charge in [-0.2, -0.15) is 0 Å². The summed E-state index contributed by atoms with van der Waals surface area (Å²) in [4.78, 5) is 11.8. The van der Waals surface area contributed by atoms with Crippen LogP contribution in [0.3, 0.4) is 0 Å². The fourth-order valence-corrected chi connectivity index (χ4v) is 7.86. The molecule has 1 aliphatic rings. The van der Waals surface area contributed by atoms with Crippen LogP contribution in [0.5, 0.6) is 0 Å². The van der Waals surface area contributed by atoms with Crippen molar-refractivity contribution in [2.24, 2.45) is 0 Å². The molecule has 0 fully saturated rings. The first-order valence-corrected chi connectivity index (χ1v) is 16.5. The van der Waals surface area contributed by atoms with Gasteiger partial charge in [-0.3, -0.25) is 4.79 Å². The van der Waals surface area contributed by atoms with E-state index >= 15 is 0 Å². The highest BCUT2D eigenvalue weighted by molar-refractivity contribution is 6.12. The Bertz CT molecular complexity index is 2550. The third-order valence-corrected chi connectivity index (χ3v) is 10.3. The molecule has 0 saturated heterocycles. The summed E-state index contributed by atoms with van der Waals surface area (Å²) in [6.45, 7) is 4.70. The van der Waals surface area contributed by atoms with Crippen LogP contribution in [0.15, 0.2) is 158 Å². The van der Waals surface area contributed by atoms with Crippen molar-refractivity contribution in [3.8, 4) is 50.2 Å². The standard InChI is InChI=1S/C46H33NO/c1-46(2)42-21-9-8-20-38(42)39-27-41-40-26-33(22-23-44(40)47(45(41)28-43(39)46)36-17-4-3-5-18-36)31-14-10-13-30(24-31)32-15-11-16-34(25-32)37-19-7-6-12-35(37)29-48/h3-29H,1-2H3. The van der Waals surface area contributed by atoms with E-state index in [-0.39, 0.29) is 5.41 Å². The van der Waals surface area contributed by atoms with Crippen LogP contribution in [-0.2, 0) is 5.41 Å². The molecule has 2 heteroatoms. The number of benzene rings is 7. The monoisotopic (exact) mass is 615 g/mol. The lowest BCUT2D eigenvalue weighted by Crippen LogP contribution is -2.14. The predicted molar refractivity (Wildman–Crippen MR) is 200 cm³/mol. The lowest BCUT2D eigenvalue weighted by Gasteiger charge is -2.21. The smallest absolute Gasteiger partial charge is 0.150 e. The molecule has 1 aromatic heterocycles. The number of para-hydroxylation sites is 1. The number of nitrogens with zero attached hydrogens (tertiary/aromatic N) is 1. The fraction of sp³-hybridized carbons (Fsp3) is 0.0652. The summed E-state index contributed by atoms with van der Waals surface area (Å²) in [6, 6.07) is 56.4. The zero-order valence-electron chi connectivity index (χ0n) is 26.9. The minimum absolute atomic E-state index is 0.0731. The summed E-state index contributed by atoms with van der Waals surface area (Å²) in [5.74, 6) is 0. The number of carbonyl (C=O) groups is 1. The zero-order valence-corrected chi connectivity index (χ0v) is 26.9. The molecular formula is C46H33NO. The number of rotatable bonds is 5. The Hall–Kier alpha value is -5.99. The van der Waals surface area contributed by atoms with Gasteiger partial charge in [-0.15, -0.1) is 0 Å². The van der Waals surface area contributed by atoms with Gasteiger partial charge in [-0.05, 0) is 104 Å². The van der Waals surface area contributed by atoms with E-state index in [4.69, 9.17) is 0 Å². The predicted octanol–water partition coefficient (Wildman–Crippen LogP) is 11.9. The quantitative estimate of drug-likeness (QED) is 0.177. The van der Waals surface area contributed by atoms with Crippen LogP contribution in [0.1, 0.15) is 35.3 Å². The second kappa shape index (κ2) is 10.8. The Morgan fingerprint density at radius 1 is 0.458 bits per heavy atom. The summed E-state index contributed by atoms with van der Waals surface area (Å²) in [6.07, 6.45) is 0.932. The van der Waals surface area contributed by atoms with Gasteiger partial charge in [0.15, 0.2) is 6.29 Å². The first-order valence-electron chi connectivity index (χ1n) is 16.5. The number of aromatic nitrogens is 1. The van der Waals surface area contributed by atoms with Crippen molar-refractivity contribution in [1.29, 1.82) is 0 Å². The fourth-order valence-electron chi connectivity index (χ4n) is 7.86.